The van der Waals surface area contributed by atoms with Crippen molar-refractivity contribution in [3.63, 3.8) is 0 Å². The van der Waals surface area contributed by atoms with Gasteiger partial charge in [-0.25, -0.2) is 4.98 Å². The Morgan fingerprint density at radius 2 is 1.96 bits per heavy atom. The van der Waals surface area contributed by atoms with Crippen molar-refractivity contribution in [3.05, 3.63) is 45.2 Å². The fraction of sp³-hybridized carbons (Fsp3) is 0.375. The number of hydrogen-bond acceptors (Lipinski definition) is 7. The normalized spacial score (nSPS) is 15.2. The van der Waals surface area contributed by atoms with E-state index in [2.05, 4.69) is 14.9 Å². The molecule has 1 aromatic heterocycles. The maximum Gasteiger partial charge on any atom is 0.373 e. The molecule has 1 aliphatic rings. The number of halogens is 1. The quantitative estimate of drug-likeness (QED) is 0.609. The number of aryl methyl sites for hydroxylation is 1. The number of ether oxygens (including phenoxy) is 1. The lowest BCUT2D eigenvalue weighted by molar-refractivity contribution is -0.385. The average molecular weight is 364 g/mol. The summed E-state index contributed by atoms with van der Waals surface area (Å²) in [5.74, 6) is 0.650. The van der Waals surface area contributed by atoms with Crippen LogP contribution < -0.4 is 9.64 Å². The molecule has 0 saturated carbocycles. The standard InChI is InChI=1S/C16H18ClN5O3/c1-11-9-12(3-4-13(11)17)25-16-14(22(23)24)15(18-10-19-16)21-7-5-20(2)6-8-21/h3-4,9-10H,5-8H2,1-2H3. The largest absolute Gasteiger partial charge is 0.434 e. The number of hydrogen-bond donors (Lipinski definition) is 0. The van der Waals surface area contributed by atoms with Gasteiger partial charge >= 0.3 is 11.6 Å². The van der Waals surface area contributed by atoms with E-state index in [1.165, 1.54) is 6.33 Å². The van der Waals surface area contributed by atoms with Crippen LogP contribution in [0.4, 0.5) is 11.5 Å². The SMILES string of the molecule is Cc1cc(Oc2ncnc(N3CCN(C)CC3)c2[N+](=O)[O-])ccc1Cl. The molecule has 2 heterocycles. The third-order valence-electron chi connectivity index (χ3n) is 4.10. The predicted octanol–water partition coefficient (Wildman–Crippen LogP) is 2.89. The van der Waals surface area contributed by atoms with Crippen LogP contribution in [0, 0.1) is 17.0 Å². The minimum atomic E-state index is -0.494. The van der Waals surface area contributed by atoms with Gasteiger partial charge in [0.05, 0.1) is 4.92 Å². The van der Waals surface area contributed by atoms with Crippen LogP contribution in [-0.2, 0) is 0 Å². The molecule has 0 radical (unpaired) electrons. The number of nitro groups is 1. The van der Waals surface area contributed by atoms with E-state index in [1.54, 1.807) is 18.2 Å². The van der Waals surface area contributed by atoms with E-state index in [-0.39, 0.29) is 17.4 Å². The topological polar surface area (TPSA) is 84.6 Å². The highest BCUT2D eigenvalue weighted by Crippen LogP contribution is 2.36. The molecule has 0 unspecified atom stereocenters. The molecule has 0 atom stereocenters. The lowest BCUT2D eigenvalue weighted by Gasteiger charge is -2.32. The van der Waals surface area contributed by atoms with Crippen LogP contribution in [0.1, 0.15) is 5.56 Å². The second-order valence-electron chi connectivity index (χ2n) is 5.91. The highest BCUT2D eigenvalue weighted by Gasteiger charge is 2.30. The van der Waals surface area contributed by atoms with E-state index in [0.29, 0.717) is 23.9 Å². The fourth-order valence-corrected chi connectivity index (χ4v) is 2.75. The Hall–Kier alpha value is -2.45. The van der Waals surface area contributed by atoms with Crippen molar-refractivity contribution in [2.45, 2.75) is 6.92 Å². The van der Waals surface area contributed by atoms with Gasteiger partial charge in [-0.15, -0.1) is 0 Å². The van der Waals surface area contributed by atoms with Crippen molar-refractivity contribution in [1.82, 2.24) is 14.9 Å². The van der Waals surface area contributed by atoms with Crippen molar-refractivity contribution in [1.29, 1.82) is 0 Å². The van der Waals surface area contributed by atoms with E-state index in [9.17, 15) is 10.1 Å². The number of likely N-dealkylation sites (N-methyl/N-ethyl adjacent to an activating group) is 1. The number of rotatable bonds is 4. The van der Waals surface area contributed by atoms with Crippen molar-refractivity contribution >= 4 is 23.1 Å². The summed E-state index contributed by atoms with van der Waals surface area (Å²) in [6.07, 6.45) is 1.29. The Balaban J connectivity index is 1.95. The molecule has 1 aromatic carbocycles. The number of nitrogens with zero attached hydrogens (tertiary/aromatic N) is 5. The molecule has 0 bridgehead atoms. The molecular formula is C16H18ClN5O3. The minimum Gasteiger partial charge on any atom is -0.434 e. The summed E-state index contributed by atoms with van der Waals surface area (Å²) < 4.78 is 5.67. The number of piperazine rings is 1. The van der Waals surface area contributed by atoms with Crippen LogP contribution in [0.2, 0.25) is 5.02 Å². The molecule has 3 rings (SSSR count). The molecule has 0 aliphatic carbocycles. The van der Waals surface area contributed by atoms with Crippen LogP contribution in [0.3, 0.4) is 0 Å². The Kier molecular flexibility index (Phi) is 5.00. The van der Waals surface area contributed by atoms with Crippen LogP contribution in [0.25, 0.3) is 0 Å². The molecule has 1 aliphatic heterocycles. The van der Waals surface area contributed by atoms with Crippen LogP contribution in [-0.4, -0.2) is 53.0 Å². The third-order valence-corrected chi connectivity index (χ3v) is 4.52. The average Bonchev–Trinajstić information content (AvgIpc) is 2.58. The van der Waals surface area contributed by atoms with Gasteiger partial charge in [0.1, 0.15) is 12.1 Å². The fourth-order valence-electron chi connectivity index (χ4n) is 2.63. The first-order chi connectivity index (χ1) is 12.0. The summed E-state index contributed by atoms with van der Waals surface area (Å²) >= 11 is 6.00. The number of benzene rings is 1. The highest BCUT2D eigenvalue weighted by molar-refractivity contribution is 6.31. The maximum absolute atomic E-state index is 11.6. The molecule has 2 aromatic rings. The summed E-state index contributed by atoms with van der Waals surface area (Å²) in [6, 6.07) is 5.04. The molecule has 0 N–H and O–H groups in total. The monoisotopic (exact) mass is 363 g/mol. The van der Waals surface area contributed by atoms with Gasteiger partial charge in [-0.1, -0.05) is 11.6 Å². The van der Waals surface area contributed by atoms with Gasteiger partial charge in [0.25, 0.3) is 0 Å². The molecule has 1 fully saturated rings. The predicted molar refractivity (Wildman–Crippen MR) is 94.7 cm³/mol. The van der Waals surface area contributed by atoms with Crippen LogP contribution in [0.15, 0.2) is 24.5 Å². The van der Waals surface area contributed by atoms with E-state index in [0.717, 1.165) is 18.7 Å². The van der Waals surface area contributed by atoms with Gasteiger partial charge in [-0.05, 0) is 37.7 Å². The molecule has 8 nitrogen and oxygen atoms in total. The lowest BCUT2D eigenvalue weighted by atomic mass is 10.2. The second kappa shape index (κ2) is 7.20. The number of aromatic nitrogens is 2. The van der Waals surface area contributed by atoms with Crippen molar-refractivity contribution in [2.24, 2.45) is 0 Å². The minimum absolute atomic E-state index is 0.0735. The summed E-state index contributed by atoms with van der Waals surface area (Å²) in [7, 11) is 2.02. The van der Waals surface area contributed by atoms with Crippen LogP contribution in [0.5, 0.6) is 11.6 Å². The first-order valence-electron chi connectivity index (χ1n) is 7.82. The maximum atomic E-state index is 11.6. The molecule has 132 valence electrons. The number of anilines is 1. The zero-order valence-electron chi connectivity index (χ0n) is 14.0. The van der Waals surface area contributed by atoms with E-state index < -0.39 is 4.92 Å². The zero-order chi connectivity index (χ0) is 18.0. The zero-order valence-corrected chi connectivity index (χ0v) is 14.7. The summed E-state index contributed by atoms with van der Waals surface area (Å²) in [4.78, 5) is 23.3. The molecule has 0 spiro atoms. The molecule has 1 saturated heterocycles. The Morgan fingerprint density at radius 3 is 2.60 bits per heavy atom. The second-order valence-corrected chi connectivity index (χ2v) is 6.32. The first-order valence-corrected chi connectivity index (χ1v) is 8.20. The summed E-state index contributed by atoms with van der Waals surface area (Å²) in [6.45, 7) is 4.78. The summed E-state index contributed by atoms with van der Waals surface area (Å²) in [5.41, 5.74) is 0.592. The van der Waals surface area contributed by atoms with Gasteiger partial charge in [-0.3, -0.25) is 10.1 Å². The third kappa shape index (κ3) is 3.80. The highest BCUT2D eigenvalue weighted by atomic mass is 35.5. The van der Waals surface area contributed by atoms with Crippen molar-refractivity contribution < 1.29 is 9.66 Å². The molecule has 9 heteroatoms. The molecule has 0 amide bonds. The van der Waals surface area contributed by atoms with Crippen molar-refractivity contribution in [2.75, 3.05) is 38.1 Å². The van der Waals surface area contributed by atoms with Gasteiger partial charge in [-0.2, -0.15) is 4.98 Å². The van der Waals surface area contributed by atoms with Gasteiger partial charge in [0.2, 0.25) is 5.82 Å². The smallest absolute Gasteiger partial charge is 0.373 e. The van der Waals surface area contributed by atoms with Gasteiger partial charge < -0.3 is 14.5 Å². The Labute approximate surface area is 150 Å². The Morgan fingerprint density at radius 1 is 1.24 bits per heavy atom. The summed E-state index contributed by atoms with van der Waals surface area (Å²) in [5, 5.41) is 12.2. The van der Waals surface area contributed by atoms with Crippen LogP contribution >= 0.6 is 11.6 Å². The lowest BCUT2D eigenvalue weighted by Crippen LogP contribution is -2.45. The van der Waals surface area contributed by atoms with Gasteiger partial charge in [0, 0.05) is 31.2 Å². The molecule has 25 heavy (non-hydrogen) atoms. The Bertz CT molecular complexity index is 793. The van der Waals surface area contributed by atoms with Gasteiger partial charge in [0.15, 0.2) is 0 Å². The van der Waals surface area contributed by atoms with E-state index in [1.807, 2.05) is 18.9 Å². The van der Waals surface area contributed by atoms with Crippen molar-refractivity contribution in [3.8, 4) is 11.6 Å². The first kappa shape index (κ1) is 17.4. The molecular weight excluding hydrogens is 346 g/mol. The van der Waals surface area contributed by atoms with E-state index >= 15 is 0 Å². The van der Waals surface area contributed by atoms with E-state index in [4.69, 9.17) is 16.3 Å².